The third-order valence-corrected chi connectivity index (χ3v) is 7.98. The normalized spacial score (nSPS) is 17.8. The van der Waals surface area contributed by atoms with Gasteiger partial charge in [0.05, 0.1) is 0 Å². The van der Waals surface area contributed by atoms with Crippen LogP contribution in [0.15, 0.2) is 83.1 Å². The number of hydrogen-bond donors (Lipinski definition) is 2. The van der Waals surface area contributed by atoms with Crippen LogP contribution in [0.1, 0.15) is 78.2 Å². The van der Waals surface area contributed by atoms with Crippen molar-refractivity contribution in [3.63, 3.8) is 0 Å². The Kier molecular flexibility index (Phi) is 7.46. The molecule has 4 heteroatoms. The van der Waals surface area contributed by atoms with Crippen LogP contribution in [-0.2, 0) is 0 Å². The number of fused-ring (bicyclic) bond motifs is 1. The summed E-state index contributed by atoms with van der Waals surface area (Å²) < 4.78 is 0. The molecule has 2 aromatic carbocycles. The van der Waals surface area contributed by atoms with E-state index in [4.69, 9.17) is 0 Å². The largest absolute Gasteiger partial charge is 0.383 e. The van der Waals surface area contributed by atoms with E-state index < -0.39 is 11.5 Å². The highest BCUT2D eigenvalue weighted by Gasteiger charge is 2.45. The number of rotatable bonds is 8. The van der Waals surface area contributed by atoms with Crippen LogP contribution in [0.3, 0.4) is 0 Å². The fourth-order valence-electron chi connectivity index (χ4n) is 6.02. The second kappa shape index (κ2) is 10.9. The highest BCUT2D eigenvalue weighted by atomic mass is 16.3. The van der Waals surface area contributed by atoms with Crippen molar-refractivity contribution < 1.29 is 5.11 Å². The van der Waals surface area contributed by atoms with Crippen LogP contribution in [0.25, 0.3) is 11.6 Å². The maximum Gasteiger partial charge on any atom is 0.251 e. The molecule has 2 aliphatic rings. The van der Waals surface area contributed by atoms with E-state index in [2.05, 4.69) is 27.4 Å². The molecule has 1 aromatic heterocycles. The molecule has 2 N–H and O–H groups in total. The van der Waals surface area contributed by atoms with Gasteiger partial charge in [-0.2, -0.15) is 0 Å². The van der Waals surface area contributed by atoms with Crippen LogP contribution in [0.4, 0.5) is 0 Å². The maximum atomic E-state index is 13.6. The van der Waals surface area contributed by atoms with E-state index in [0.717, 1.165) is 29.5 Å². The molecule has 0 spiro atoms. The average molecular weight is 493 g/mol. The maximum absolute atomic E-state index is 13.6. The summed E-state index contributed by atoms with van der Waals surface area (Å²) in [6.07, 6.45) is 10.2. The SMILES string of the molecule is CN(C)CCC(O)(C1=C=C=Cc2ccccc21)C(c1ccccc1)c1cc(C2CCCCC2)c[nH]c1=O. The summed E-state index contributed by atoms with van der Waals surface area (Å²) in [5.41, 5.74) is 10.2. The Morgan fingerprint density at radius 3 is 2.54 bits per heavy atom. The second-order valence-corrected chi connectivity index (χ2v) is 10.7. The molecular formula is C33H36N2O2. The van der Waals surface area contributed by atoms with Crippen LogP contribution >= 0.6 is 0 Å². The van der Waals surface area contributed by atoms with Crippen molar-refractivity contribution in [1.29, 1.82) is 0 Å². The molecule has 2 unspecified atom stereocenters. The second-order valence-electron chi connectivity index (χ2n) is 10.7. The summed E-state index contributed by atoms with van der Waals surface area (Å²) >= 11 is 0. The summed E-state index contributed by atoms with van der Waals surface area (Å²) in [5.74, 6) is -0.135. The predicted octanol–water partition coefficient (Wildman–Crippen LogP) is 6.10. The van der Waals surface area contributed by atoms with Gasteiger partial charge in [0, 0.05) is 29.8 Å². The zero-order chi connectivity index (χ0) is 25.8. The molecule has 3 aromatic rings. The third-order valence-electron chi connectivity index (χ3n) is 7.98. The number of nitrogens with zero attached hydrogens (tertiary/aromatic N) is 1. The average Bonchev–Trinajstić information content (AvgIpc) is 2.94. The summed E-state index contributed by atoms with van der Waals surface area (Å²) in [4.78, 5) is 18.7. The lowest BCUT2D eigenvalue weighted by Crippen LogP contribution is -2.43. The minimum atomic E-state index is -1.39. The Hall–Kier alpha value is -3.39. The number of aromatic nitrogens is 1. The van der Waals surface area contributed by atoms with Gasteiger partial charge in [-0.1, -0.05) is 85.3 Å². The monoisotopic (exact) mass is 492 g/mol. The Labute approximate surface area is 219 Å². The number of pyridine rings is 1. The molecular weight excluding hydrogens is 456 g/mol. The molecule has 190 valence electrons. The summed E-state index contributed by atoms with van der Waals surface area (Å²) in [5, 5.41) is 12.9. The van der Waals surface area contributed by atoms with Crippen molar-refractivity contribution in [3.05, 3.63) is 116 Å². The van der Waals surface area contributed by atoms with Crippen molar-refractivity contribution in [3.8, 4) is 0 Å². The summed E-state index contributed by atoms with van der Waals surface area (Å²) in [7, 11) is 4.01. The van der Waals surface area contributed by atoms with E-state index in [0.29, 0.717) is 30.0 Å². The lowest BCUT2D eigenvalue weighted by Gasteiger charge is -2.39. The van der Waals surface area contributed by atoms with Crippen LogP contribution in [0.5, 0.6) is 0 Å². The van der Waals surface area contributed by atoms with Crippen molar-refractivity contribution >= 4 is 11.6 Å². The minimum absolute atomic E-state index is 0.152. The van der Waals surface area contributed by atoms with Gasteiger partial charge in [-0.05, 0) is 73.7 Å². The Morgan fingerprint density at radius 1 is 1.05 bits per heavy atom. The van der Waals surface area contributed by atoms with Gasteiger partial charge in [0.1, 0.15) is 5.60 Å². The lowest BCUT2D eigenvalue weighted by molar-refractivity contribution is 0.0664. The van der Waals surface area contributed by atoms with Crippen LogP contribution in [-0.4, -0.2) is 41.2 Å². The Bertz CT molecular complexity index is 1400. The van der Waals surface area contributed by atoms with E-state index in [9.17, 15) is 9.90 Å². The molecule has 5 rings (SSSR count). The molecule has 0 aliphatic heterocycles. The van der Waals surface area contributed by atoms with Crippen LogP contribution in [0.2, 0.25) is 0 Å². The first kappa shape index (κ1) is 25.3. The molecule has 0 radical (unpaired) electrons. The molecule has 2 atom stereocenters. The van der Waals surface area contributed by atoms with Gasteiger partial charge in [0.25, 0.3) is 5.56 Å². The quantitative estimate of drug-likeness (QED) is 0.374. The van der Waals surface area contributed by atoms with Crippen LogP contribution in [0, 0.1) is 0 Å². The van der Waals surface area contributed by atoms with Gasteiger partial charge in [-0.15, -0.1) is 0 Å². The summed E-state index contributed by atoms with van der Waals surface area (Å²) in [6.45, 7) is 0.650. The van der Waals surface area contributed by atoms with E-state index in [1.54, 1.807) is 0 Å². The van der Waals surface area contributed by atoms with Gasteiger partial charge < -0.3 is 15.0 Å². The molecule has 4 nitrogen and oxygen atoms in total. The minimum Gasteiger partial charge on any atom is -0.383 e. The Balaban J connectivity index is 1.73. The van der Waals surface area contributed by atoms with Crippen molar-refractivity contribution in [1.82, 2.24) is 9.88 Å². The first-order valence-corrected chi connectivity index (χ1v) is 13.4. The molecule has 1 saturated carbocycles. The highest BCUT2D eigenvalue weighted by molar-refractivity contribution is 5.82. The fourth-order valence-corrected chi connectivity index (χ4v) is 6.02. The molecule has 1 heterocycles. The van der Waals surface area contributed by atoms with E-state index in [1.807, 2.05) is 81.0 Å². The summed E-state index contributed by atoms with van der Waals surface area (Å²) in [6, 6.07) is 20.1. The van der Waals surface area contributed by atoms with E-state index >= 15 is 0 Å². The van der Waals surface area contributed by atoms with Gasteiger partial charge in [0.2, 0.25) is 0 Å². The molecule has 2 aliphatic carbocycles. The first-order chi connectivity index (χ1) is 18.0. The lowest BCUT2D eigenvalue weighted by atomic mass is 9.69. The zero-order valence-corrected chi connectivity index (χ0v) is 21.8. The smallest absolute Gasteiger partial charge is 0.251 e. The van der Waals surface area contributed by atoms with Gasteiger partial charge >= 0.3 is 0 Å². The van der Waals surface area contributed by atoms with Crippen molar-refractivity contribution in [2.75, 3.05) is 20.6 Å². The standard InChI is InChI=1S/C33H36N2O2/c1-35(2)21-20-33(37,30-19-11-17-25-14-9-10-18-28(25)30)31(26-15-7-4-8-16-26)29-22-27(23-34-32(29)36)24-12-5-3-6-13-24/h4,7-10,14-18,22-24,31,37H,3,5-6,12-13,20-21H2,1-2H3,(H,34,36). The molecule has 0 amide bonds. The van der Waals surface area contributed by atoms with Crippen molar-refractivity contribution in [2.45, 2.75) is 56.0 Å². The van der Waals surface area contributed by atoms with Gasteiger partial charge in [-0.3, -0.25) is 4.79 Å². The number of aliphatic hydroxyl groups is 1. The molecule has 37 heavy (non-hydrogen) atoms. The highest BCUT2D eigenvalue weighted by Crippen LogP contribution is 2.46. The number of benzene rings is 2. The van der Waals surface area contributed by atoms with Gasteiger partial charge in [-0.25, -0.2) is 0 Å². The topological polar surface area (TPSA) is 56.3 Å². The number of aromatic amines is 1. The van der Waals surface area contributed by atoms with Crippen molar-refractivity contribution in [2.24, 2.45) is 0 Å². The number of nitrogens with one attached hydrogen (secondary N) is 1. The fraction of sp³-hybridized carbons (Fsp3) is 0.364. The molecule has 0 saturated heterocycles. The zero-order valence-electron chi connectivity index (χ0n) is 21.8. The molecule has 1 fully saturated rings. The van der Waals surface area contributed by atoms with Crippen LogP contribution < -0.4 is 5.56 Å². The Morgan fingerprint density at radius 2 is 1.78 bits per heavy atom. The number of hydrogen-bond acceptors (Lipinski definition) is 3. The van der Waals surface area contributed by atoms with E-state index in [-0.39, 0.29) is 5.56 Å². The first-order valence-electron chi connectivity index (χ1n) is 13.4. The third kappa shape index (κ3) is 5.21. The van der Waals surface area contributed by atoms with Gasteiger partial charge in [0.15, 0.2) is 0 Å². The number of H-pyrrole nitrogens is 1. The predicted molar refractivity (Wildman–Crippen MR) is 151 cm³/mol. The molecule has 0 bridgehead atoms. The van der Waals surface area contributed by atoms with E-state index in [1.165, 1.54) is 24.8 Å².